The van der Waals surface area contributed by atoms with Crippen molar-refractivity contribution < 1.29 is 4.39 Å². The SMILES string of the molecule is CC(C)(C)NCC1CCN(c2c(Cl)cc(F)cc2Br)C1. The lowest BCUT2D eigenvalue weighted by atomic mass is 10.1. The van der Waals surface area contributed by atoms with Crippen molar-refractivity contribution >= 4 is 33.2 Å². The Balaban J connectivity index is 2.03. The highest BCUT2D eigenvalue weighted by Crippen LogP contribution is 2.37. The molecule has 0 aliphatic carbocycles. The minimum absolute atomic E-state index is 0.140. The molecule has 112 valence electrons. The topological polar surface area (TPSA) is 15.3 Å². The van der Waals surface area contributed by atoms with Crippen molar-refractivity contribution in [1.29, 1.82) is 0 Å². The summed E-state index contributed by atoms with van der Waals surface area (Å²) in [5.74, 6) is 0.290. The third-order valence-corrected chi connectivity index (χ3v) is 4.40. The fourth-order valence-corrected chi connectivity index (χ4v) is 3.61. The van der Waals surface area contributed by atoms with Gasteiger partial charge in [-0.3, -0.25) is 0 Å². The molecule has 1 saturated heterocycles. The highest BCUT2D eigenvalue weighted by molar-refractivity contribution is 9.10. The van der Waals surface area contributed by atoms with Crippen LogP contribution in [0.25, 0.3) is 0 Å². The van der Waals surface area contributed by atoms with Crippen molar-refractivity contribution in [3.05, 3.63) is 27.4 Å². The van der Waals surface area contributed by atoms with Gasteiger partial charge in [-0.1, -0.05) is 11.6 Å². The maximum Gasteiger partial charge on any atom is 0.125 e. The molecule has 0 aromatic heterocycles. The van der Waals surface area contributed by atoms with Gasteiger partial charge < -0.3 is 10.2 Å². The van der Waals surface area contributed by atoms with E-state index in [0.717, 1.165) is 36.2 Å². The average molecular weight is 364 g/mol. The Kier molecular flexibility index (Phi) is 4.98. The molecule has 5 heteroatoms. The molecule has 0 radical (unpaired) electrons. The Hall–Kier alpha value is -0.320. The Morgan fingerprint density at radius 3 is 2.75 bits per heavy atom. The fraction of sp³-hybridized carbons (Fsp3) is 0.600. The average Bonchev–Trinajstić information content (AvgIpc) is 2.72. The molecule has 0 amide bonds. The van der Waals surface area contributed by atoms with Crippen LogP contribution in [0.1, 0.15) is 27.2 Å². The van der Waals surface area contributed by atoms with Crippen LogP contribution < -0.4 is 10.2 Å². The van der Waals surface area contributed by atoms with E-state index in [1.807, 2.05) is 0 Å². The van der Waals surface area contributed by atoms with Crippen molar-refractivity contribution in [1.82, 2.24) is 5.32 Å². The minimum Gasteiger partial charge on any atom is -0.369 e. The van der Waals surface area contributed by atoms with Crippen LogP contribution in [0.4, 0.5) is 10.1 Å². The summed E-state index contributed by atoms with van der Waals surface area (Å²) in [7, 11) is 0. The van der Waals surface area contributed by atoms with Crippen molar-refractivity contribution in [2.75, 3.05) is 24.5 Å². The summed E-state index contributed by atoms with van der Waals surface area (Å²) < 4.78 is 14.0. The van der Waals surface area contributed by atoms with E-state index < -0.39 is 0 Å². The highest BCUT2D eigenvalue weighted by Gasteiger charge is 2.26. The lowest BCUT2D eigenvalue weighted by Gasteiger charge is -2.24. The van der Waals surface area contributed by atoms with Crippen LogP contribution in [0.3, 0.4) is 0 Å². The number of rotatable bonds is 3. The first-order chi connectivity index (χ1) is 9.26. The van der Waals surface area contributed by atoms with Crippen LogP contribution >= 0.6 is 27.5 Å². The Morgan fingerprint density at radius 1 is 1.45 bits per heavy atom. The van der Waals surface area contributed by atoms with Crippen LogP contribution in [0.5, 0.6) is 0 Å². The number of nitrogens with one attached hydrogen (secondary N) is 1. The molecule has 1 heterocycles. The Labute approximate surface area is 133 Å². The molecule has 0 bridgehead atoms. The molecule has 1 aromatic carbocycles. The molecule has 0 saturated carbocycles. The molecule has 0 spiro atoms. The second-order valence-corrected chi connectivity index (χ2v) is 7.71. The lowest BCUT2D eigenvalue weighted by Crippen LogP contribution is -2.39. The van der Waals surface area contributed by atoms with E-state index in [0.29, 0.717) is 10.9 Å². The molecule has 2 rings (SSSR count). The summed E-state index contributed by atoms with van der Waals surface area (Å²) in [4.78, 5) is 2.24. The number of benzene rings is 1. The van der Waals surface area contributed by atoms with Gasteiger partial charge in [-0.05, 0) is 61.2 Å². The number of hydrogen-bond acceptors (Lipinski definition) is 2. The monoisotopic (exact) mass is 362 g/mol. The summed E-state index contributed by atoms with van der Waals surface area (Å²) in [6.07, 6.45) is 1.13. The molecule has 1 N–H and O–H groups in total. The summed E-state index contributed by atoms with van der Waals surface area (Å²) in [6, 6.07) is 2.85. The van der Waals surface area contributed by atoms with Gasteiger partial charge in [-0.25, -0.2) is 4.39 Å². The van der Waals surface area contributed by atoms with Crippen LogP contribution in [-0.2, 0) is 0 Å². The molecular formula is C15H21BrClFN2. The second kappa shape index (κ2) is 6.20. The van der Waals surface area contributed by atoms with Gasteiger partial charge in [0.25, 0.3) is 0 Å². The van der Waals surface area contributed by atoms with E-state index in [4.69, 9.17) is 11.6 Å². The van der Waals surface area contributed by atoms with Gasteiger partial charge in [-0.15, -0.1) is 0 Å². The van der Waals surface area contributed by atoms with Crippen LogP contribution in [-0.4, -0.2) is 25.2 Å². The van der Waals surface area contributed by atoms with Gasteiger partial charge in [0.1, 0.15) is 5.82 Å². The molecule has 1 aromatic rings. The lowest BCUT2D eigenvalue weighted by molar-refractivity contribution is 0.383. The molecule has 1 fully saturated rings. The van der Waals surface area contributed by atoms with Gasteiger partial charge >= 0.3 is 0 Å². The summed E-state index contributed by atoms with van der Waals surface area (Å²) in [5, 5.41) is 4.02. The Morgan fingerprint density at radius 2 is 2.15 bits per heavy atom. The van der Waals surface area contributed by atoms with Gasteiger partial charge in [0.15, 0.2) is 0 Å². The standard InChI is InChI=1S/C15H21BrClFN2/c1-15(2,3)19-8-10-4-5-20(9-10)14-12(16)6-11(18)7-13(14)17/h6-7,10,19H,4-5,8-9H2,1-3H3. The van der Waals surface area contributed by atoms with E-state index >= 15 is 0 Å². The van der Waals surface area contributed by atoms with Gasteiger partial charge in [0.05, 0.1) is 10.7 Å². The van der Waals surface area contributed by atoms with Crippen LogP contribution in [0.15, 0.2) is 16.6 Å². The summed E-state index contributed by atoms with van der Waals surface area (Å²) in [6.45, 7) is 9.43. The first-order valence-corrected chi connectivity index (χ1v) is 8.08. The number of halogens is 3. The predicted molar refractivity (Wildman–Crippen MR) is 87.2 cm³/mol. The third kappa shape index (κ3) is 4.09. The van der Waals surface area contributed by atoms with E-state index in [1.54, 1.807) is 0 Å². The highest BCUT2D eigenvalue weighted by atomic mass is 79.9. The molecule has 20 heavy (non-hydrogen) atoms. The number of hydrogen-bond donors (Lipinski definition) is 1. The first kappa shape index (κ1) is 16.1. The maximum absolute atomic E-state index is 13.3. The van der Waals surface area contributed by atoms with Gasteiger partial charge in [-0.2, -0.15) is 0 Å². The smallest absolute Gasteiger partial charge is 0.125 e. The second-order valence-electron chi connectivity index (χ2n) is 6.45. The normalized spacial score (nSPS) is 19.7. The zero-order valence-electron chi connectivity index (χ0n) is 12.1. The maximum atomic E-state index is 13.3. The zero-order chi connectivity index (χ0) is 14.9. The molecule has 2 nitrogen and oxygen atoms in total. The third-order valence-electron chi connectivity index (χ3n) is 3.50. The largest absolute Gasteiger partial charge is 0.369 e. The first-order valence-electron chi connectivity index (χ1n) is 6.91. The van der Waals surface area contributed by atoms with Crippen molar-refractivity contribution in [2.24, 2.45) is 5.92 Å². The molecular weight excluding hydrogens is 343 g/mol. The quantitative estimate of drug-likeness (QED) is 0.853. The molecule has 1 aliphatic heterocycles. The van der Waals surface area contributed by atoms with E-state index in [-0.39, 0.29) is 11.4 Å². The van der Waals surface area contributed by atoms with Crippen LogP contribution in [0, 0.1) is 11.7 Å². The number of anilines is 1. The molecule has 1 unspecified atom stereocenters. The van der Waals surface area contributed by atoms with E-state index in [2.05, 4.69) is 46.9 Å². The van der Waals surface area contributed by atoms with E-state index in [9.17, 15) is 4.39 Å². The summed E-state index contributed by atoms with van der Waals surface area (Å²) in [5.41, 5.74) is 1.05. The van der Waals surface area contributed by atoms with Crippen molar-refractivity contribution in [3.63, 3.8) is 0 Å². The Bertz CT molecular complexity index is 464. The predicted octanol–water partition coefficient (Wildman–Crippen LogP) is 4.46. The summed E-state index contributed by atoms with van der Waals surface area (Å²) >= 11 is 9.60. The molecule has 1 aliphatic rings. The van der Waals surface area contributed by atoms with Crippen molar-refractivity contribution in [3.8, 4) is 0 Å². The zero-order valence-corrected chi connectivity index (χ0v) is 14.5. The molecule has 1 atom stereocenters. The number of nitrogens with zero attached hydrogens (tertiary/aromatic N) is 1. The van der Waals surface area contributed by atoms with Crippen molar-refractivity contribution in [2.45, 2.75) is 32.7 Å². The van der Waals surface area contributed by atoms with E-state index in [1.165, 1.54) is 12.1 Å². The van der Waals surface area contributed by atoms with Gasteiger partial charge in [0, 0.05) is 29.6 Å². The van der Waals surface area contributed by atoms with Gasteiger partial charge in [0.2, 0.25) is 0 Å². The van der Waals surface area contributed by atoms with Crippen LogP contribution in [0.2, 0.25) is 5.02 Å². The fourth-order valence-electron chi connectivity index (χ4n) is 2.49. The minimum atomic E-state index is -0.309.